The van der Waals surface area contributed by atoms with E-state index in [0.29, 0.717) is 55.9 Å². The number of halogens is 1. The molecule has 3 aliphatic rings. The summed E-state index contributed by atoms with van der Waals surface area (Å²) in [5.41, 5.74) is 5.70. The minimum absolute atomic E-state index is 0.0345. The van der Waals surface area contributed by atoms with E-state index >= 15 is 0 Å². The number of aryl methyl sites for hydroxylation is 2. The second-order valence-electron chi connectivity index (χ2n) is 16.6. The Morgan fingerprint density at radius 1 is 1.00 bits per heavy atom. The Bertz CT molecular complexity index is 1980. The van der Waals surface area contributed by atoms with E-state index in [1.54, 1.807) is 12.1 Å². The molecule has 0 unspecified atom stereocenters. The Morgan fingerprint density at radius 3 is 2.61 bits per heavy atom. The van der Waals surface area contributed by atoms with E-state index in [1.165, 1.54) is 34.4 Å². The first kappa shape index (κ1) is 39.7. The Balaban J connectivity index is 1.03. The van der Waals surface area contributed by atoms with Crippen LogP contribution in [0, 0.1) is 11.8 Å². The number of carbonyl (C=O) groups excluding carboxylic acids is 1. The van der Waals surface area contributed by atoms with E-state index in [0.717, 1.165) is 68.6 Å². The van der Waals surface area contributed by atoms with E-state index in [4.69, 9.17) is 21.1 Å². The van der Waals surface area contributed by atoms with Gasteiger partial charge in [0.2, 0.25) is 5.91 Å². The van der Waals surface area contributed by atoms with Gasteiger partial charge < -0.3 is 25.2 Å². The number of carboxylic acids is 1. The molecule has 3 atom stereocenters. The number of carbonyl (C=O) groups is 2. The minimum Gasteiger partial charge on any atom is -0.493 e. The first-order valence-corrected chi connectivity index (χ1v) is 21.0. The number of amides is 1. The van der Waals surface area contributed by atoms with Gasteiger partial charge in [0.25, 0.3) is 0 Å². The van der Waals surface area contributed by atoms with Gasteiger partial charge in [-0.15, -0.1) is 0 Å². The van der Waals surface area contributed by atoms with Crippen LogP contribution in [0.5, 0.6) is 11.5 Å². The fraction of sp³-hybridized carbons (Fsp3) is 0.468. The third kappa shape index (κ3) is 9.01. The predicted octanol–water partition coefficient (Wildman–Crippen LogP) is 9.72. The fourth-order valence-corrected chi connectivity index (χ4v) is 9.90. The van der Waals surface area contributed by atoms with E-state index in [1.807, 2.05) is 48.7 Å². The van der Waals surface area contributed by atoms with Gasteiger partial charge in [-0.3, -0.25) is 9.78 Å². The highest BCUT2D eigenvalue weighted by atomic mass is 35.5. The molecule has 1 heterocycles. The monoisotopic (exact) mass is 777 g/mol. The van der Waals surface area contributed by atoms with Crippen LogP contribution < -0.4 is 20.1 Å². The number of ether oxygens (including phenoxy) is 2. The fourth-order valence-electron chi connectivity index (χ4n) is 9.71. The zero-order chi connectivity index (χ0) is 39.1. The molecule has 1 saturated carbocycles. The highest BCUT2D eigenvalue weighted by molar-refractivity contribution is 6.30. The van der Waals surface area contributed by atoms with Gasteiger partial charge in [0.05, 0.1) is 13.2 Å². The summed E-state index contributed by atoms with van der Waals surface area (Å²) in [5, 5.41) is 17.7. The van der Waals surface area contributed by atoms with Gasteiger partial charge in [0.15, 0.2) is 0 Å². The van der Waals surface area contributed by atoms with Crippen molar-refractivity contribution in [1.29, 1.82) is 0 Å². The summed E-state index contributed by atoms with van der Waals surface area (Å²) in [5.74, 6) is 2.01. The molecule has 0 radical (unpaired) electrons. The number of aromatic nitrogens is 1. The number of carboxylic acid groups (broad SMARTS) is 1. The molecule has 0 saturated heterocycles. The number of nitrogens with one attached hydrogen (secondary N) is 2. The molecule has 0 aliphatic heterocycles. The van der Waals surface area contributed by atoms with E-state index in [9.17, 15) is 14.7 Å². The summed E-state index contributed by atoms with van der Waals surface area (Å²) in [7, 11) is 0. The van der Waals surface area contributed by atoms with Crippen molar-refractivity contribution in [3.8, 4) is 11.5 Å². The molecular formula is C47H56ClN3O5. The molecule has 3 N–H and O–H groups in total. The Labute approximate surface area is 336 Å². The zero-order valence-electron chi connectivity index (χ0n) is 32.8. The largest absolute Gasteiger partial charge is 0.493 e. The number of fused-ring (bicyclic) bond motifs is 3. The van der Waals surface area contributed by atoms with Crippen LogP contribution in [0.25, 0.3) is 0 Å². The highest BCUT2D eigenvalue weighted by Gasteiger charge is 2.54. The smallest absolute Gasteiger partial charge is 0.329 e. The second kappa shape index (κ2) is 17.7. The standard InChI is InChI=1S/C47H56ClN3O5/c1-32(31-56-42-19-24-49-41-15-6-9-33(2)44(41)42)27-36-28-35-17-18-39(55-26-25-50-43(52)16-7-12-34-10-4-3-5-11-34)30-40(35)46(36)20-22-47(23-21-46,45(53)54)51-38-14-8-13-37(48)29-38/h3-5,8,10-11,13-14,17-19,24,29-30,32-33,36,51H,6-7,9,12,15-16,20-23,25-28,31H2,1-2H3,(H,50,52)(H,53,54)/t32-,33-,36+,46?,47?/m1/s1. The van der Waals surface area contributed by atoms with Crippen LogP contribution in [0.2, 0.25) is 5.02 Å². The van der Waals surface area contributed by atoms with Crippen molar-refractivity contribution < 1.29 is 24.2 Å². The summed E-state index contributed by atoms with van der Waals surface area (Å²) >= 11 is 6.30. The molecule has 0 bridgehead atoms. The quantitative estimate of drug-likeness (QED) is 0.0973. The van der Waals surface area contributed by atoms with Crippen molar-refractivity contribution in [2.75, 3.05) is 25.1 Å². The van der Waals surface area contributed by atoms with Crippen molar-refractivity contribution in [3.63, 3.8) is 0 Å². The molecular weight excluding hydrogens is 722 g/mol. The third-order valence-corrected chi connectivity index (χ3v) is 12.9. The highest BCUT2D eigenvalue weighted by Crippen LogP contribution is 2.57. The number of aliphatic carboxylic acids is 1. The zero-order valence-corrected chi connectivity index (χ0v) is 33.6. The van der Waals surface area contributed by atoms with Crippen molar-refractivity contribution in [2.45, 2.75) is 108 Å². The molecule has 4 aromatic rings. The van der Waals surface area contributed by atoms with Gasteiger partial charge in [-0.1, -0.05) is 67.9 Å². The van der Waals surface area contributed by atoms with Crippen molar-refractivity contribution in [3.05, 3.63) is 118 Å². The SMILES string of the molecule is C[C@@H](COc1ccnc2c1[C@H](C)CCC2)C[C@H]1Cc2ccc(OCCNC(=O)CCCc3ccccc3)cc2C12CCC(Nc1cccc(Cl)c1)(C(=O)O)CC2. The first-order valence-electron chi connectivity index (χ1n) is 20.6. The summed E-state index contributed by atoms with van der Waals surface area (Å²) in [6.45, 7) is 5.98. The number of hydrogen-bond acceptors (Lipinski definition) is 6. The lowest BCUT2D eigenvalue weighted by Gasteiger charge is -2.47. The Hall–Kier alpha value is -4.56. The number of hydrogen-bond donors (Lipinski definition) is 3. The average Bonchev–Trinajstić information content (AvgIpc) is 3.48. The van der Waals surface area contributed by atoms with Crippen molar-refractivity contribution >= 4 is 29.2 Å². The molecule has 56 heavy (non-hydrogen) atoms. The maximum absolute atomic E-state index is 13.0. The van der Waals surface area contributed by atoms with Gasteiger partial charge in [-0.05, 0) is 147 Å². The van der Waals surface area contributed by atoms with Crippen LogP contribution in [0.1, 0.15) is 106 Å². The van der Waals surface area contributed by atoms with Crippen LogP contribution in [-0.4, -0.2) is 47.3 Å². The molecule has 3 aliphatic carbocycles. The first-order chi connectivity index (χ1) is 27.1. The normalized spacial score (nSPS) is 23.1. The maximum Gasteiger partial charge on any atom is 0.329 e. The number of rotatable bonds is 16. The molecule has 1 amide bonds. The van der Waals surface area contributed by atoms with Crippen molar-refractivity contribution in [1.82, 2.24) is 10.3 Å². The number of anilines is 1. The molecule has 1 fully saturated rings. The lowest BCUT2D eigenvalue weighted by Crippen LogP contribution is -2.53. The van der Waals surface area contributed by atoms with E-state index in [2.05, 4.69) is 53.7 Å². The second-order valence-corrected chi connectivity index (χ2v) is 17.0. The molecule has 8 nitrogen and oxygen atoms in total. The van der Waals surface area contributed by atoms with Crippen molar-refractivity contribution in [2.24, 2.45) is 11.8 Å². The summed E-state index contributed by atoms with van der Waals surface area (Å²) in [6, 6.07) is 26.0. The Kier molecular flexibility index (Phi) is 12.5. The van der Waals surface area contributed by atoms with Gasteiger partial charge >= 0.3 is 5.97 Å². The lowest BCUT2D eigenvalue weighted by atomic mass is 9.59. The molecule has 1 spiro atoms. The van der Waals surface area contributed by atoms with Gasteiger partial charge in [-0.25, -0.2) is 4.79 Å². The van der Waals surface area contributed by atoms with Crippen LogP contribution in [0.4, 0.5) is 5.69 Å². The summed E-state index contributed by atoms with van der Waals surface area (Å²) < 4.78 is 12.8. The summed E-state index contributed by atoms with van der Waals surface area (Å²) in [6.07, 6.45) is 11.7. The Morgan fingerprint density at radius 2 is 1.82 bits per heavy atom. The summed E-state index contributed by atoms with van der Waals surface area (Å²) in [4.78, 5) is 30.2. The predicted molar refractivity (Wildman–Crippen MR) is 222 cm³/mol. The van der Waals surface area contributed by atoms with Crippen LogP contribution in [0.15, 0.2) is 85.1 Å². The molecule has 9 heteroatoms. The minimum atomic E-state index is -1.09. The molecule has 296 valence electrons. The van der Waals surface area contributed by atoms with Gasteiger partial charge in [0.1, 0.15) is 23.6 Å². The third-order valence-electron chi connectivity index (χ3n) is 12.7. The number of pyridine rings is 1. The molecule has 7 rings (SSSR count). The van der Waals surface area contributed by atoms with E-state index in [-0.39, 0.29) is 17.2 Å². The topological polar surface area (TPSA) is 110 Å². The van der Waals surface area contributed by atoms with Crippen LogP contribution in [-0.2, 0) is 34.3 Å². The van der Waals surface area contributed by atoms with Crippen LogP contribution in [0.3, 0.4) is 0 Å². The van der Waals surface area contributed by atoms with Gasteiger partial charge in [-0.2, -0.15) is 0 Å². The number of nitrogens with zero attached hydrogens (tertiary/aromatic N) is 1. The average molecular weight is 778 g/mol. The molecule has 3 aromatic carbocycles. The van der Waals surface area contributed by atoms with Gasteiger partial charge in [0, 0.05) is 34.6 Å². The molecule has 1 aromatic heterocycles. The van der Waals surface area contributed by atoms with E-state index < -0.39 is 11.5 Å². The lowest BCUT2D eigenvalue weighted by molar-refractivity contribution is -0.144. The van der Waals surface area contributed by atoms with Crippen LogP contribution >= 0.6 is 11.6 Å². The number of benzene rings is 3. The maximum atomic E-state index is 13.0.